The molecule has 0 unspecified atom stereocenters. The minimum absolute atomic E-state index is 0.198. The second-order valence-electron chi connectivity index (χ2n) is 3.56. The maximum absolute atomic E-state index is 10.7. The van der Waals surface area contributed by atoms with Crippen molar-refractivity contribution in [3.63, 3.8) is 0 Å². The number of carbonyl (C=O) groups excluding carboxylic acids is 1. The van der Waals surface area contributed by atoms with Crippen LogP contribution in [0.4, 0.5) is 5.00 Å². The molecule has 0 aliphatic heterocycles. The lowest BCUT2D eigenvalue weighted by molar-refractivity contribution is -0.161. The van der Waals surface area contributed by atoms with Crippen LogP contribution in [0.25, 0.3) is 0 Å². The number of oxime groups is 1. The average Bonchev–Trinajstić information content (AvgIpc) is 2.65. The van der Waals surface area contributed by atoms with E-state index in [1.807, 2.05) is 0 Å². The number of rotatable bonds is 5. The van der Waals surface area contributed by atoms with Crippen molar-refractivity contribution in [1.29, 1.82) is 0 Å². The molecule has 1 radical (unpaired) electrons. The van der Waals surface area contributed by atoms with Gasteiger partial charge in [-0.2, -0.15) is 4.37 Å². The van der Waals surface area contributed by atoms with Crippen molar-refractivity contribution >= 4 is 34.5 Å². The van der Waals surface area contributed by atoms with Crippen molar-refractivity contribution < 1.29 is 19.5 Å². The summed E-state index contributed by atoms with van der Waals surface area (Å²) in [5.74, 6) is -1.20. The molecule has 3 N–H and O–H groups in total. The standard InChI is InChI=1S/C9H10N3O4S/c1-9(2,8(14)15)16-11-6(4-13)5-3-7(10)17-12-5/h3H,10H2,1-2H3,(H,14,15)/b11-6+. The summed E-state index contributed by atoms with van der Waals surface area (Å²) >= 11 is 0.984. The monoisotopic (exact) mass is 256 g/mol. The number of nitrogen functional groups attached to an aromatic ring is 1. The van der Waals surface area contributed by atoms with Crippen LogP contribution in [0.1, 0.15) is 19.5 Å². The number of carbonyl (C=O) groups is 1. The van der Waals surface area contributed by atoms with Crippen molar-refractivity contribution in [2.75, 3.05) is 5.73 Å². The number of carboxylic acids is 1. The Balaban J connectivity index is 2.89. The number of aliphatic carboxylic acids is 1. The molecule has 0 spiro atoms. The molecule has 0 saturated carbocycles. The van der Waals surface area contributed by atoms with Crippen LogP contribution in [0.5, 0.6) is 0 Å². The fraction of sp³-hybridized carbons (Fsp3) is 0.333. The summed E-state index contributed by atoms with van der Waals surface area (Å²) in [6, 6.07) is 1.42. The molecule has 1 rings (SSSR count). The second kappa shape index (κ2) is 4.91. The predicted molar refractivity (Wildman–Crippen MR) is 61.6 cm³/mol. The predicted octanol–water partition coefficient (Wildman–Crippen LogP) is 0.419. The molecule has 0 aliphatic carbocycles. The van der Waals surface area contributed by atoms with E-state index in [2.05, 4.69) is 9.53 Å². The van der Waals surface area contributed by atoms with Gasteiger partial charge in [-0.3, -0.25) is 4.79 Å². The molecule has 1 aromatic heterocycles. The van der Waals surface area contributed by atoms with Gasteiger partial charge in [-0.25, -0.2) is 4.79 Å². The third kappa shape index (κ3) is 3.25. The Kier molecular flexibility index (Phi) is 3.79. The van der Waals surface area contributed by atoms with Crippen molar-refractivity contribution in [1.82, 2.24) is 4.37 Å². The first-order chi connectivity index (χ1) is 7.86. The van der Waals surface area contributed by atoms with E-state index in [-0.39, 0.29) is 11.4 Å². The Labute approximate surface area is 101 Å². The third-order valence-electron chi connectivity index (χ3n) is 1.75. The van der Waals surface area contributed by atoms with E-state index >= 15 is 0 Å². The molecular weight excluding hydrogens is 246 g/mol. The van der Waals surface area contributed by atoms with Crippen LogP contribution in [0.2, 0.25) is 0 Å². The van der Waals surface area contributed by atoms with Gasteiger partial charge in [-0.05, 0) is 25.4 Å². The quantitative estimate of drug-likeness (QED) is 0.582. The highest BCUT2D eigenvalue weighted by molar-refractivity contribution is 7.10. The van der Waals surface area contributed by atoms with Crippen LogP contribution in [-0.4, -0.2) is 33.0 Å². The highest BCUT2D eigenvalue weighted by atomic mass is 32.1. The Morgan fingerprint density at radius 3 is 2.76 bits per heavy atom. The molecule has 0 aliphatic rings. The minimum Gasteiger partial charge on any atom is -0.478 e. The molecule has 0 aromatic carbocycles. The zero-order chi connectivity index (χ0) is 13.1. The minimum atomic E-state index is -1.54. The van der Waals surface area contributed by atoms with Crippen LogP contribution >= 0.6 is 11.5 Å². The van der Waals surface area contributed by atoms with Crippen molar-refractivity contribution in [3.05, 3.63) is 11.8 Å². The van der Waals surface area contributed by atoms with Crippen LogP contribution < -0.4 is 5.73 Å². The molecule has 91 valence electrons. The topological polar surface area (TPSA) is 115 Å². The Morgan fingerprint density at radius 2 is 2.35 bits per heavy atom. The zero-order valence-electron chi connectivity index (χ0n) is 9.13. The molecule has 1 aromatic rings. The molecule has 7 nitrogen and oxygen atoms in total. The number of nitrogens with two attached hydrogens (primary N) is 1. The van der Waals surface area contributed by atoms with Gasteiger partial charge in [-0.15, -0.1) is 0 Å². The molecule has 1 heterocycles. The van der Waals surface area contributed by atoms with Gasteiger partial charge < -0.3 is 15.7 Å². The van der Waals surface area contributed by atoms with Crippen LogP contribution in [0.3, 0.4) is 0 Å². The largest absolute Gasteiger partial charge is 0.478 e. The summed E-state index contributed by atoms with van der Waals surface area (Å²) in [7, 11) is 0. The van der Waals surface area contributed by atoms with Gasteiger partial charge in [0.1, 0.15) is 10.7 Å². The molecule has 0 atom stereocenters. The molecular formula is C9H10N3O4S. The highest BCUT2D eigenvalue weighted by Crippen LogP contribution is 2.14. The van der Waals surface area contributed by atoms with E-state index < -0.39 is 11.6 Å². The van der Waals surface area contributed by atoms with Gasteiger partial charge in [0.2, 0.25) is 5.60 Å². The maximum Gasteiger partial charge on any atom is 0.350 e. The van der Waals surface area contributed by atoms with E-state index in [0.29, 0.717) is 5.00 Å². The van der Waals surface area contributed by atoms with Crippen molar-refractivity contribution in [2.45, 2.75) is 19.4 Å². The lowest BCUT2D eigenvalue weighted by Gasteiger charge is -2.16. The zero-order valence-corrected chi connectivity index (χ0v) is 9.95. The summed E-state index contributed by atoms with van der Waals surface area (Å²) in [5.41, 5.74) is 3.87. The molecule has 0 fully saturated rings. The maximum atomic E-state index is 10.7. The molecule has 17 heavy (non-hydrogen) atoms. The first kappa shape index (κ1) is 13.1. The Morgan fingerprint density at radius 1 is 1.71 bits per heavy atom. The smallest absolute Gasteiger partial charge is 0.350 e. The summed E-state index contributed by atoms with van der Waals surface area (Å²) < 4.78 is 3.83. The fourth-order valence-corrected chi connectivity index (χ4v) is 1.22. The number of anilines is 1. The lowest BCUT2D eigenvalue weighted by atomic mass is 10.1. The number of carboxylic acid groups (broad SMARTS) is 1. The lowest BCUT2D eigenvalue weighted by Crippen LogP contribution is -2.33. The number of nitrogens with zero attached hydrogens (tertiary/aromatic N) is 2. The van der Waals surface area contributed by atoms with Gasteiger partial charge in [0.25, 0.3) is 6.29 Å². The first-order valence-corrected chi connectivity index (χ1v) is 5.24. The van der Waals surface area contributed by atoms with Crippen LogP contribution in [-0.2, 0) is 14.4 Å². The fourth-order valence-electron chi connectivity index (χ4n) is 0.717. The summed E-state index contributed by atoms with van der Waals surface area (Å²) in [6.07, 6.45) is 1.51. The van der Waals surface area contributed by atoms with Gasteiger partial charge in [-0.1, -0.05) is 5.16 Å². The van der Waals surface area contributed by atoms with Crippen molar-refractivity contribution in [2.24, 2.45) is 5.16 Å². The summed E-state index contributed by atoms with van der Waals surface area (Å²) in [4.78, 5) is 26.1. The molecule has 8 heteroatoms. The van der Waals surface area contributed by atoms with E-state index in [1.54, 1.807) is 0 Å². The number of hydrogen-bond acceptors (Lipinski definition) is 7. The number of aromatic nitrogens is 1. The Hall–Kier alpha value is -1.96. The van der Waals surface area contributed by atoms with Gasteiger partial charge >= 0.3 is 5.97 Å². The summed E-state index contributed by atoms with van der Waals surface area (Å²) in [5, 5.41) is 12.6. The SMILES string of the molecule is CC(C)(O/N=C(\[C]=O)c1cc(N)sn1)C(=O)O. The third-order valence-corrected chi connectivity index (χ3v) is 2.36. The van der Waals surface area contributed by atoms with Crippen LogP contribution in [0.15, 0.2) is 11.2 Å². The van der Waals surface area contributed by atoms with E-state index in [1.165, 1.54) is 26.2 Å². The second-order valence-corrected chi connectivity index (χ2v) is 4.40. The van der Waals surface area contributed by atoms with Gasteiger partial charge in [0, 0.05) is 6.07 Å². The molecule has 0 bridgehead atoms. The summed E-state index contributed by atoms with van der Waals surface area (Å²) in [6.45, 7) is 2.60. The molecule has 0 amide bonds. The highest BCUT2D eigenvalue weighted by Gasteiger charge is 2.30. The normalized spacial score (nSPS) is 12.2. The van der Waals surface area contributed by atoms with E-state index in [9.17, 15) is 9.59 Å². The van der Waals surface area contributed by atoms with Gasteiger partial charge in [0.05, 0.1) is 0 Å². The van der Waals surface area contributed by atoms with Crippen LogP contribution in [0, 0.1) is 0 Å². The average molecular weight is 256 g/mol. The van der Waals surface area contributed by atoms with E-state index in [4.69, 9.17) is 15.7 Å². The first-order valence-electron chi connectivity index (χ1n) is 4.47. The molecule has 0 saturated heterocycles. The number of hydrogen-bond donors (Lipinski definition) is 2. The Bertz CT molecular complexity index is 467. The van der Waals surface area contributed by atoms with Gasteiger partial charge in [0.15, 0.2) is 5.71 Å². The van der Waals surface area contributed by atoms with E-state index in [0.717, 1.165) is 11.5 Å². The van der Waals surface area contributed by atoms with Crippen molar-refractivity contribution in [3.8, 4) is 0 Å².